The Hall–Kier alpha value is -0.940. The van der Waals surface area contributed by atoms with E-state index in [0.717, 1.165) is 25.9 Å². The summed E-state index contributed by atoms with van der Waals surface area (Å²) in [5, 5.41) is 2.93. The standard InChI is InChI=1S/C12H23N3O2/c1-9(16)11(14-2)3-4-12(17)15-7-5-10(13)6-8-15/h10-11,14H,3-8,13H2,1-2H3/t11-/m0/s1. The Morgan fingerprint density at radius 3 is 2.47 bits per heavy atom. The number of nitrogens with two attached hydrogens (primary N) is 1. The molecule has 0 aromatic heterocycles. The number of Topliss-reactive ketones (excluding diaryl/α,β-unsaturated/α-hetero) is 1. The maximum absolute atomic E-state index is 11.9. The molecule has 0 unspecified atom stereocenters. The minimum absolute atomic E-state index is 0.0842. The lowest BCUT2D eigenvalue weighted by molar-refractivity contribution is -0.132. The number of carbonyl (C=O) groups is 2. The van der Waals surface area contributed by atoms with E-state index in [0.29, 0.717) is 12.8 Å². The Morgan fingerprint density at radius 1 is 1.41 bits per heavy atom. The zero-order valence-electron chi connectivity index (χ0n) is 10.7. The minimum atomic E-state index is -0.203. The maximum atomic E-state index is 11.9. The number of nitrogens with zero attached hydrogens (tertiary/aromatic N) is 1. The monoisotopic (exact) mass is 241 g/mol. The minimum Gasteiger partial charge on any atom is -0.343 e. The summed E-state index contributed by atoms with van der Waals surface area (Å²) in [6, 6.07) is 0.0346. The molecular formula is C12H23N3O2. The van der Waals surface area contributed by atoms with Crippen LogP contribution in [0.5, 0.6) is 0 Å². The van der Waals surface area contributed by atoms with Crippen LogP contribution in [0.15, 0.2) is 0 Å². The highest BCUT2D eigenvalue weighted by Gasteiger charge is 2.21. The van der Waals surface area contributed by atoms with Crippen LogP contribution in [-0.4, -0.2) is 48.8 Å². The number of hydrogen-bond acceptors (Lipinski definition) is 4. The van der Waals surface area contributed by atoms with Crippen molar-refractivity contribution in [3.8, 4) is 0 Å². The summed E-state index contributed by atoms with van der Waals surface area (Å²) in [7, 11) is 1.75. The SMILES string of the molecule is CN[C@@H](CCC(=O)N1CCC(N)CC1)C(C)=O. The van der Waals surface area contributed by atoms with Gasteiger partial charge in [-0.3, -0.25) is 9.59 Å². The highest BCUT2D eigenvalue weighted by Crippen LogP contribution is 2.11. The first-order valence-electron chi connectivity index (χ1n) is 6.25. The van der Waals surface area contributed by atoms with Crippen LogP contribution < -0.4 is 11.1 Å². The van der Waals surface area contributed by atoms with Crippen molar-refractivity contribution in [2.45, 2.75) is 44.7 Å². The number of rotatable bonds is 5. The van der Waals surface area contributed by atoms with E-state index in [2.05, 4.69) is 5.32 Å². The van der Waals surface area contributed by atoms with Crippen LogP contribution in [0.4, 0.5) is 0 Å². The molecule has 0 aliphatic carbocycles. The van der Waals surface area contributed by atoms with Crippen molar-refractivity contribution < 1.29 is 9.59 Å². The topological polar surface area (TPSA) is 75.4 Å². The van der Waals surface area contributed by atoms with E-state index in [4.69, 9.17) is 5.73 Å². The van der Waals surface area contributed by atoms with Crippen molar-refractivity contribution >= 4 is 11.7 Å². The first-order chi connectivity index (χ1) is 8.04. The maximum Gasteiger partial charge on any atom is 0.222 e. The van der Waals surface area contributed by atoms with Crippen molar-refractivity contribution in [1.29, 1.82) is 0 Å². The van der Waals surface area contributed by atoms with Crippen molar-refractivity contribution in [1.82, 2.24) is 10.2 Å². The summed E-state index contributed by atoms with van der Waals surface area (Å²) < 4.78 is 0. The lowest BCUT2D eigenvalue weighted by atomic mass is 10.0. The van der Waals surface area contributed by atoms with E-state index >= 15 is 0 Å². The van der Waals surface area contributed by atoms with Gasteiger partial charge in [-0.2, -0.15) is 0 Å². The number of nitrogens with one attached hydrogen (secondary N) is 1. The van der Waals surface area contributed by atoms with Crippen LogP contribution >= 0.6 is 0 Å². The van der Waals surface area contributed by atoms with Crippen molar-refractivity contribution in [2.75, 3.05) is 20.1 Å². The van der Waals surface area contributed by atoms with E-state index in [-0.39, 0.29) is 23.8 Å². The molecule has 0 radical (unpaired) electrons. The molecule has 0 aromatic carbocycles. The molecule has 1 atom stereocenters. The number of hydrogen-bond donors (Lipinski definition) is 2. The van der Waals surface area contributed by atoms with E-state index in [1.807, 2.05) is 4.90 Å². The van der Waals surface area contributed by atoms with Crippen LogP contribution in [0.25, 0.3) is 0 Å². The van der Waals surface area contributed by atoms with Crippen LogP contribution in [-0.2, 0) is 9.59 Å². The van der Waals surface area contributed by atoms with Gasteiger partial charge in [0.25, 0.3) is 0 Å². The lowest BCUT2D eigenvalue weighted by Gasteiger charge is -2.30. The Kier molecular flexibility index (Phi) is 5.58. The fourth-order valence-electron chi connectivity index (χ4n) is 2.13. The molecule has 1 fully saturated rings. The second kappa shape index (κ2) is 6.71. The number of likely N-dealkylation sites (N-methyl/N-ethyl adjacent to an activating group) is 1. The third-order valence-corrected chi connectivity index (χ3v) is 3.38. The van der Waals surface area contributed by atoms with Gasteiger partial charge in [-0.1, -0.05) is 0 Å². The molecule has 0 bridgehead atoms. The zero-order chi connectivity index (χ0) is 12.8. The van der Waals surface area contributed by atoms with Gasteiger partial charge in [-0.15, -0.1) is 0 Å². The summed E-state index contributed by atoms with van der Waals surface area (Å²) in [6.45, 7) is 3.06. The fraction of sp³-hybridized carbons (Fsp3) is 0.833. The van der Waals surface area contributed by atoms with Gasteiger partial charge >= 0.3 is 0 Å². The Morgan fingerprint density at radius 2 is 2.00 bits per heavy atom. The molecule has 1 heterocycles. The molecule has 1 aliphatic heterocycles. The van der Waals surface area contributed by atoms with Gasteiger partial charge in [-0.05, 0) is 33.2 Å². The first-order valence-corrected chi connectivity index (χ1v) is 6.25. The van der Waals surface area contributed by atoms with Crippen LogP contribution in [0.1, 0.15) is 32.6 Å². The molecule has 1 aliphatic rings. The summed E-state index contributed by atoms with van der Waals surface area (Å²) in [4.78, 5) is 25.0. The normalized spacial score (nSPS) is 19.1. The molecular weight excluding hydrogens is 218 g/mol. The molecule has 1 amide bonds. The van der Waals surface area contributed by atoms with Gasteiger partial charge in [0.15, 0.2) is 0 Å². The second-order valence-corrected chi connectivity index (χ2v) is 4.71. The molecule has 0 aromatic rings. The summed E-state index contributed by atoms with van der Waals surface area (Å²) >= 11 is 0. The highest BCUT2D eigenvalue weighted by atomic mass is 16.2. The summed E-state index contributed by atoms with van der Waals surface area (Å²) in [6.07, 6.45) is 2.77. The van der Waals surface area contributed by atoms with Crippen LogP contribution in [0, 0.1) is 0 Å². The van der Waals surface area contributed by atoms with Gasteiger partial charge in [0.1, 0.15) is 5.78 Å². The largest absolute Gasteiger partial charge is 0.343 e. The van der Waals surface area contributed by atoms with E-state index in [1.54, 1.807) is 14.0 Å². The third kappa shape index (κ3) is 4.44. The Bertz CT molecular complexity index is 273. The molecule has 3 N–H and O–H groups in total. The number of amides is 1. The number of carbonyl (C=O) groups excluding carboxylic acids is 2. The van der Waals surface area contributed by atoms with Gasteiger partial charge in [0.2, 0.25) is 5.91 Å². The second-order valence-electron chi connectivity index (χ2n) is 4.71. The van der Waals surface area contributed by atoms with Crippen LogP contribution in [0.2, 0.25) is 0 Å². The molecule has 17 heavy (non-hydrogen) atoms. The van der Waals surface area contributed by atoms with Crippen molar-refractivity contribution in [3.63, 3.8) is 0 Å². The smallest absolute Gasteiger partial charge is 0.222 e. The first kappa shape index (κ1) is 14.1. The molecule has 5 nitrogen and oxygen atoms in total. The zero-order valence-corrected chi connectivity index (χ0v) is 10.7. The predicted molar refractivity (Wildman–Crippen MR) is 66.6 cm³/mol. The highest BCUT2D eigenvalue weighted by molar-refractivity contribution is 5.83. The lowest BCUT2D eigenvalue weighted by Crippen LogP contribution is -2.43. The number of likely N-dealkylation sites (tertiary alicyclic amines) is 1. The molecule has 0 spiro atoms. The van der Waals surface area contributed by atoms with Gasteiger partial charge in [0, 0.05) is 25.6 Å². The Balaban J connectivity index is 2.31. The average molecular weight is 241 g/mol. The fourth-order valence-corrected chi connectivity index (χ4v) is 2.13. The predicted octanol–water partition coefficient (Wildman–Crippen LogP) is -0.107. The van der Waals surface area contributed by atoms with Crippen LogP contribution in [0.3, 0.4) is 0 Å². The molecule has 0 saturated carbocycles. The molecule has 1 saturated heterocycles. The van der Waals surface area contributed by atoms with Gasteiger partial charge in [-0.25, -0.2) is 0 Å². The Labute approximate surface area is 103 Å². The average Bonchev–Trinajstić information content (AvgIpc) is 2.30. The van der Waals surface area contributed by atoms with E-state index in [9.17, 15) is 9.59 Å². The number of piperidine rings is 1. The molecule has 98 valence electrons. The molecule has 5 heteroatoms. The number of ketones is 1. The van der Waals surface area contributed by atoms with Crippen molar-refractivity contribution in [3.05, 3.63) is 0 Å². The van der Waals surface area contributed by atoms with Gasteiger partial charge < -0.3 is 16.0 Å². The van der Waals surface area contributed by atoms with Gasteiger partial charge in [0.05, 0.1) is 6.04 Å². The quantitative estimate of drug-likeness (QED) is 0.704. The van der Waals surface area contributed by atoms with Crippen molar-refractivity contribution in [2.24, 2.45) is 5.73 Å². The third-order valence-electron chi connectivity index (χ3n) is 3.38. The summed E-state index contributed by atoms with van der Waals surface area (Å²) in [5.74, 6) is 0.222. The van der Waals surface area contributed by atoms with E-state index in [1.165, 1.54) is 0 Å². The molecule has 1 rings (SSSR count). The summed E-state index contributed by atoms with van der Waals surface area (Å²) in [5.41, 5.74) is 5.79. The van der Waals surface area contributed by atoms with E-state index < -0.39 is 0 Å².